The Bertz CT molecular complexity index is 1070. The fourth-order valence-electron chi connectivity index (χ4n) is 2.73. The van der Waals surface area contributed by atoms with Gasteiger partial charge in [-0.3, -0.25) is 19.6 Å². The highest BCUT2D eigenvalue weighted by Crippen LogP contribution is 2.18. The van der Waals surface area contributed by atoms with Crippen LogP contribution in [0.5, 0.6) is 0 Å². The Labute approximate surface area is 181 Å². The summed E-state index contributed by atoms with van der Waals surface area (Å²) >= 11 is 3.33. The second-order valence-corrected chi connectivity index (χ2v) is 7.82. The van der Waals surface area contributed by atoms with Crippen LogP contribution in [0.4, 0.5) is 5.69 Å². The SMILES string of the molecule is CC(C)c1ccc(C=NNC(=O)c2nn(Cc3ccc([N+](=O)[O-])cc3)cc2Br)cc1. The van der Waals surface area contributed by atoms with Crippen molar-refractivity contribution in [1.82, 2.24) is 15.2 Å². The summed E-state index contributed by atoms with van der Waals surface area (Å²) in [6.45, 7) is 4.62. The third kappa shape index (κ3) is 5.38. The zero-order valence-electron chi connectivity index (χ0n) is 16.4. The lowest BCUT2D eigenvalue weighted by atomic mass is 10.0. The van der Waals surface area contributed by atoms with Crippen LogP contribution in [0.25, 0.3) is 0 Å². The predicted molar refractivity (Wildman–Crippen MR) is 118 cm³/mol. The minimum absolute atomic E-state index is 0.0252. The van der Waals surface area contributed by atoms with Crippen molar-refractivity contribution in [3.8, 4) is 0 Å². The molecule has 0 aliphatic carbocycles. The van der Waals surface area contributed by atoms with Crippen LogP contribution >= 0.6 is 15.9 Å². The van der Waals surface area contributed by atoms with E-state index in [4.69, 9.17) is 0 Å². The zero-order valence-corrected chi connectivity index (χ0v) is 18.0. The van der Waals surface area contributed by atoms with Gasteiger partial charge in [0.05, 0.1) is 22.2 Å². The van der Waals surface area contributed by atoms with Crippen LogP contribution in [0.2, 0.25) is 0 Å². The number of carbonyl (C=O) groups is 1. The van der Waals surface area contributed by atoms with Crippen molar-refractivity contribution in [2.24, 2.45) is 5.10 Å². The van der Waals surface area contributed by atoms with Gasteiger partial charge in [-0.1, -0.05) is 50.2 Å². The smallest absolute Gasteiger partial charge is 0.266 e. The van der Waals surface area contributed by atoms with Gasteiger partial charge in [-0.25, -0.2) is 5.43 Å². The van der Waals surface area contributed by atoms with Crippen LogP contribution < -0.4 is 5.43 Å². The first-order chi connectivity index (χ1) is 14.3. The number of non-ortho nitro benzene ring substituents is 1. The summed E-state index contributed by atoms with van der Waals surface area (Å²) in [5.74, 6) is 0.00790. The topological polar surface area (TPSA) is 102 Å². The van der Waals surface area contributed by atoms with Gasteiger partial charge in [-0.15, -0.1) is 0 Å². The van der Waals surface area contributed by atoms with Crippen LogP contribution in [0, 0.1) is 10.1 Å². The maximum atomic E-state index is 12.4. The highest BCUT2D eigenvalue weighted by atomic mass is 79.9. The molecule has 9 heteroatoms. The Morgan fingerprint density at radius 1 is 1.23 bits per heavy atom. The van der Waals surface area contributed by atoms with Gasteiger partial charge in [0.15, 0.2) is 5.69 Å². The number of hydrazone groups is 1. The molecular formula is C21H20BrN5O3. The van der Waals surface area contributed by atoms with Crippen LogP contribution in [0.3, 0.4) is 0 Å². The quantitative estimate of drug-likeness (QED) is 0.312. The number of nitro groups is 1. The van der Waals surface area contributed by atoms with Gasteiger partial charge < -0.3 is 0 Å². The molecule has 0 saturated carbocycles. The third-order valence-corrected chi connectivity index (χ3v) is 4.99. The number of carbonyl (C=O) groups excluding carboxylic acids is 1. The molecule has 0 unspecified atom stereocenters. The third-order valence-electron chi connectivity index (χ3n) is 4.41. The number of nitrogens with zero attached hydrogens (tertiary/aromatic N) is 4. The molecule has 0 bridgehead atoms. The molecule has 1 amide bonds. The Hall–Kier alpha value is -3.33. The van der Waals surface area contributed by atoms with Crippen molar-refractivity contribution < 1.29 is 9.72 Å². The number of benzene rings is 2. The summed E-state index contributed by atoms with van der Waals surface area (Å²) in [5.41, 5.74) is 5.63. The number of hydrogen-bond donors (Lipinski definition) is 1. The highest BCUT2D eigenvalue weighted by molar-refractivity contribution is 9.10. The van der Waals surface area contributed by atoms with Gasteiger partial charge in [0.25, 0.3) is 11.6 Å². The van der Waals surface area contributed by atoms with E-state index >= 15 is 0 Å². The standard InChI is InChI=1S/C21H20BrN5O3/c1-14(2)17-7-3-15(4-8-17)11-23-24-21(28)20-19(22)13-26(25-20)12-16-5-9-18(10-6-16)27(29)30/h3-11,13-14H,12H2,1-2H3,(H,24,28). The van der Waals surface area contributed by atoms with Crippen molar-refractivity contribution in [3.05, 3.63) is 91.7 Å². The van der Waals surface area contributed by atoms with Crippen molar-refractivity contribution in [2.75, 3.05) is 0 Å². The normalized spacial score (nSPS) is 11.2. The first-order valence-corrected chi connectivity index (χ1v) is 10.0. The Kier molecular flexibility index (Phi) is 6.73. The van der Waals surface area contributed by atoms with Gasteiger partial charge >= 0.3 is 0 Å². The van der Waals surface area contributed by atoms with E-state index in [1.54, 1.807) is 29.2 Å². The van der Waals surface area contributed by atoms with E-state index in [2.05, 4.69) is 45.4 Å². The van der Waals surface area contributed by atoms with E-state index in [9.17, 15) is 14.9 Å². The number of nitro benzene ring substituents is 1. The monoisotopic (exact) mass is 469 g/mol. The largest absolute Gasteiger partial charge is 0.293 e. The average molecular weight is 470 g/mol. The number of hydrogen-bond acceptors (Lipinski definition) is 5. The molecule has 3 aromatic rings. The summed E-state index contributed by atoms with van der Waals surface area (Å²) in [7, 11) is 0. The summed E-state index contributed by atoms with van der Waals surface area (Å²) in [5, 5.41) is 19.0. The van der Waals surface area contributed by atoms with E-state index in [-0.39, 0.29) is 11.4 Å². The summed E-state index contributed by atoms with van der Waals surface area (Å²) in [4.78, 5) is 22.7. The van der Waals surface area contributed by atoms with Crippen LogP contribution in [0.1, 0.15) is 46.9 Å². The second-order valence-electron chi connectivity index (χ2n) is 6.97. The Morgan fingerprint density at radius 2 is 1.90 bits per heavy atom. The Balaban J connectivity index is 1.62. The molecule has 0 aliphatic heterocycles. The maximum Gasteiger partial charge on any atom is 0.293 e. The molecule has 0 atom stereocenters. The first kappa shape index (κ1) is 21.4. The minimum atomic E-state index is -0.448. The molecule has 30 heavy (non-hydrogen) atoms. The van der Waals surface area contributed by atoms with Crippen LogP contribution in [-0.2, 0) is 6.54 Å². The molecule has 154 valence electrons. The number of aromatic nitrogens is 2. The maximum absolute atomic E-state index is 12.4. The average Bonchev–Trinajstić information content (AvgIpc) is 3.08. The molecule has 1 heterocycles. The lowest BCUT2D eigenvalue weighted by Crippen LogP contribution is -2.19. The van der Waals surface area contributed by atoms with Crippen LogP contribution in [-0.4, -0.2) is 26.8 Å². The fraction of sp³-hybridized carbons (Fsp3) is 0.190. The summed E-state index contributed by atoms with van der Waals surface area (Å²) in [6, 6.07) is 14.1. The van der Waals surface area contributed by atoms with Gasteiger partial charge in [0.1, 0.15) is 0 Å². The number of rotatable bonds is 7. The lowest BCUT2D eigenvalue weighted by Gasteiger charge is -2.04. The molecule has 1 aromatic heterocycles. The van der Waals surface area contributed by atoms with Gasteiger partial charge in [-0.2, -0.15) is 10.2 Å². The van der Waals surface area contributed by atoms with Gasteiger partial charge in [0.2, 0.25) is 0 Å². The van der Waals surface area contributed by atoms with Gasteiger partial charge in [-0.05, 0) is 38.5 Å². The zero-order chi connectivity index (χ0) is 21.7. The van der Waals surface area contributed by atoms with Crippen LogP contribution in [0.15, 0.2) is 64.3 Å². The molecule has 0 aliphatic rings. The van der Waals surface area contributed by atoms with E-state index in [1.807, 2.05) is 24.3 Å². The molecular weight excluding hydrogens is 450 g/mol. The predicted octanol–water partition coefficient (Wildman–Crippen LogP) is 4.49. The molecule has 0 fully saturated rings. The van der Waals surface area contributed by atoms with Crippen molar-refractivity contribution in [3.63, 3.8) is 0 Å². The molecule has 0 spiro atoms. The molecule has 0 saturated heterocycles. The first-order valence-electron chi connectivity index (χ1n) is 9.23. The number of halogens is 1. The van der Waals surface area contributed by atoms with E-state index in [0.717, 1.165) is 11.1 Å². The van der Waals surface area contributed by atoms with Crippen molar-refractivity contribution in [2.45, 2.75) is 26.3 Å². The van der Waals surface area contributed by atoms with Crippen molar-refractivity contribution in [1.29, 1.82) is 0 Å². The number of amides is 1. The highest BCUT2D eigenvalue weighted by Gasteiger charge is 2.15. The van der Waals surface area contributed by atoms with E-state index in [0.29, 0.717) is 16.9 Å². The van der Waals surface area contributed by atoms with Crippen molar-refractivity contribution >= 4 is 33.7 Å². The van der Waals surface area contributed by atoms with E-state index < -0.39 is 10.8 Å². The molecule has 3 rings (SSSR count). The minimum Gasteiger partial charge on any atom is -0.266 e. The fourth-order valence-corrected chi connectivity index (χ4v) is 3.22. The van der Waals surface area contributed by atoms with E-state index in [1.165, 1.54) is 17.7 Å². The lowest BCUT2D eigenvalue weighted by molar-refractivity contribution is -0.384. The molecule has 1 N–H and O–H groups in total. The molecule has 8 nitrogen and oxygen atoms in total. The summed E-state index contributed by atoms with van der Waals surface area (Å²) in [6.07, 6.45) is 3.24. The second kappa shape index (κ2) is 9.45. The molecule has 2 aromatic carbocycles. The van der Waals surface area contributed by atoms with Gasteiger partial charge in [0, 0.05) is 18.3 Å². The molecule has 0 radical (unpaired) electrons. The summed E-state index contributed by atoms with van der Waals surface area (Å²) < 4.78 is 2.10. The Morgan fingerprint density at radius 3 is 2.50 bits per heavy atom. The number of nitrogens with one attached hydrogen (secondary N) is 1.